The number of H-pyrrole nitrogens is 2. The fraction of sp³-hybridized carbons (Fsp3) is 0.429. The molecule has 4 heteroatoms. The van der Waals surface area contributed by atoms with Gasteiger partial charge in [-0.25, -0.2) is 4.98 Å². The lowest BCUT2D eigenvalue weighted by atomic mass is 9.84. The van der Waals surface area contributed by atoms with Crippen molar-refractivity contribution in [2.45, 2.75) is 32.6 Å². The lowest BCUT2D eigenvalue weighted by Crippen LogP contribution is -2.14. The molecule has 2 aromatic rings. The normalized spacial score (nSPS) is 22.8. The van der Waals surface area contributed by atoms with Gasteiger partial charge in [0.25, 0.3) is 0 Å². The number of pyridine rings is 1. The van der Waals surface area contributed by atoms with Crippen molar-refractivity contribution in [3.05, 3.63) is 40.1 Å². The average Bonchev–Trinajstić information content (AvgIpc) is 2.73. The summed E-state index contributed by atoms with van der Waals surface area (Å²) in [6.45, 7) is 4.46. The zero-order chi connectivity index (χ0) is 12.7. The Morgan fingerprint density at radius 3 is 3.00 bits per heavy atom. The fourth-order valence-corrected chi connectivity index (χ4v) is 2.86. The van der Waals surface area contributed by atoms with Crippen LogP contribution in [0.2, 0.25) is 0 Å². The zero-order valence-corrected chi connectivity index (χ0v) is 10.7. The summed E-state index contributed by atoms with van der Waals surface area (Å²) in [5, 5.41) is 0. The molecule has 1 aliphatic rings. The fourth-order valence-electron chi connectivity index (χ4n) is 2.86. The third-order valence-electron chi connectivity index (χ3n) is 3.67. The number of hydrogen-bond acceptors (Lipinski definition) is 2. The van der Waals surface area contributed by atoms with Crippen LogP contribution in [0.25, 0.3) is 11.4 Å². The van der Waals surface area contributed by atoms with E-state index in [0.717, 1.165) is 12.1 Å². The lowest BCUT2D eigenvalue weighted by Gasteiger charge is -2.22. The van der Waals surface area contributed by atoms with Crippen LogP contribution in [0.15, 0.2) is 23.3 Å². The molecule has 0 radical (unpaired) electrons. The van der Waals surface area contributed by atoms with E-state index >= 15 is 0 Å². The van der Waals surface area contributed by atoms with Crippen LogP contribution in [0.1, 0.15) is 37.6 Å². The highest BCUT2D eigenvalue weighted by Crippen LogP contribution is 2.33. The van der Waals surface area contributed by atoms with E-state index in [0.29, 0.717) is 23.2 Å². The minimum absolute atomic E-state index is 0.000508. The summed E-state index contributed by atoms with van der Waals surface area (Å²) >= 11 is 0. The van der Waals surface area contributed by atoms with Gasteiger partial charge in [0, 0.05) is 30.1 Å². The molecule has 2 heterocycles. The first kappa shape index (κ1) is 11.3. The molecule has 0 bridgehead atoms. The number of imidazole rings is 1. The highest BCUT2D eigenvalue weighted by atomic mass is 16.1. The maximum Gasteiger partial charge on any atom is 0.192 e. The summed E-state index contributed by atoms with van der Waals surface area (Å²) < 4.78 is 0. The van der Waals surface area contributed by atoms with Crippen molar-refractivity contribution in [1.29, 1.82) is 0 Å². The van der Waals surface area contributed by atoms with Gasteiger partial charge in [-0.05, 0) is 18.8 Å². The van der Waals surface area contributed by atoms with E-state index in [1.165, 1.54) is 18.2 Å². The molecule has 3 rings (SSSR count). The van der Waals surface area contributed by atoms with Gasteiger partial charge in [0.15, 0.2) is 5.43 Å². The van der Waals surface area contributed by atoms with E-state index in [9.17, 15) is 4.79 Å². The second kappa shape index (κ2) is 4.12. The number of hydrogen-bond donors (Lipinski definition) is 2. The quantitative estimate of drug-likeness (QED) is 0.808. The molecule has 94 valence electrons. The number of aromatic amines is 2. The molecule has 2 aromatic heterocycles. The van der Waals surface area contributed by atoms with Gasteiger partial charge in [-0.15, -0.1) is 0 Å². The summed E-state index contributed by atoms with van der Waals surface area (Å²) in [7, 11) is 0. The summed E-state index contributed by atoms with van der Waals surface area (Å²) in [6, 6.07) is 1.53. The molecule has 2 N–H and O–H groups in total. The molecular weight excluding hydrogens is 226 g/mol. The lowest BCUT2D eigenvalue weighted by molar-refractivity contribution is 0.440. The average molecular weight is 243 g/mol. The molecule has 18 heavy (non-hydrogen) atoms. The number of aromatic nitrogens is 3. The maximum atomic E-state index is 11.8. The smallest absolute Gasteiger partial charge is 0.192 e. The topological polar surface area (TPSA) is 61.5 Å². The van der Waals surface area contributed by atoms with Gasteiger partial charge in [0.1, 0.15) is 5.82 Å². The van der Waals surface area contributed by atoms with E-state index < -0.39 is 0 Å². The molecule has 0 fully saturated rings. The minimum Gasteiger partial charge on any atom is -0.367 e. The van der Waals surface area contributed by atoms with Crippen molar-refractivity contribution in [3.8, 4) is 11.4 Å². The molecule has 0 aromatic carbocycles. The summed E-state index contributed by atoms with van der Waals surface area (Å²) in [5.74, 6) is 1.84. The molecule has 4 nitrogen and oxygen atoms in total. The van der Waals surface area contributed by atoms with E-state index in [1.54, 1.807) is 12.4 Å². The SMILES string of the molecule is CC1Cc2[nH]c(-c3c[nH]ccc3=O)nc2C(C)C1. The molecular formula is C14H17N3O. The van der Waals surface area contributed by atoms with Gasteiger partial charge >= 0.3 is 0 Å². The summed E-state index contributed by atoms with van der Waals surface area (Å²) in [6.07, 6.45) is 5.54. The van der Waals surface area contributed by atoms with E-state index in [4.69, 9.17) is 0 Å². The van der Waals surface area contributed by atoms with Crippen molar-refractivity contribution < 1.29 is 0 Å². The number of fused-ring (bicyclic) bond motifs is 1. The van der Waals surface area contributed by atoms with Crippen molar-refractivity contribution >= 4 is 0 Å². The standard InChI is InChI=1S/C14H17N3O/c1-8-5-9(2)13-11(6-8)16-14(17-13)10-7-15-4-3-12(10)18/h3-4,7-9H,5-6H2,1-2H3,(H,15,18)(H,16,17). The van der Waals surface area contributed by atoms with Crippen LogP contribution in [0.5, 0.6) is 0 Å². The van der Waals surface area contributed by atoms with E-state index in [2.05, 4.69) is 28.8 Å². The number of nitrogens with zero attached hydrogens (tertiary/aromatic N) is 1. The van der Waals surface area contributed by atoms with Gasteiger partial charge in [-0.2, -0.15) is 0 Å². The van der Waals surface area contributed by atoms with Crippen LogP contribution in [-0.4, -0.2) is 15.0 Å². The predicted octanol–water partition coefficient (Wildman–Crippen LogP) is 2.45. The van der Waals surface area contributed by atoms with Gasteiger partial charge in [-0.3, -0.25) is 4.79 Å². The van der Waals surface area contributed by atoms with Crippen LogP contribution >= 0.6 is 0 Å². The molecule has 2 unspecified atom stereocenters. The molecule has 0 aliphatic heterocycles. The minimum atomic E-state index is 0.000508. The van der Waals surface area contributed by atoms with Crippen LogP contribution in [0, 0.1) is 5.92 Å². The molecule has 1 aliphatic carbocycles. The largest absolute Gasteiger partial charge is 0.367 e. The van der Waals surface area contributed by atoms with Crippen molar-refractivity contribution in [3.63, 3.8) is 0 Å². The van der Waals surface area contributed by atoms with Gasteiger partial charge in [0.05, 0.1) is 11.3 Å². The van der Waals surface area contributed by atoms with Gasteiger partial charge in [0.2, 0.25) is 0 Å². The van der Waals surface area contributed by atoms with Crippen LogP contribution in [-0.2, 0) is 6.42 Å². The Balaban J connectivity index is 2.09. The Hall–Kier alpha value is -1.84. The Bertz CT molecular complexity index is 626. The third kappa shape index (κ3) is 1.78. The predicted molar refractivity (Wildman–Crippen MR) is 70.5 cm³/mol. The van der Waals surface area contributed by atoms with Crippen molar-refractivity contribution in [2.75, 3.05) is 0 Å². The highest BCUT2D eigenvalue weighted by Gasteiger charge is 2.25. The first-order chi connectivity index (χ1) is 8.65. The highest BCUT2D eigenvalue weighted by molar-refractivity contribution is 5.54. The van der Waals surface area contributed by atoms with Gasteiger partial charge < -0.3 is 9.97 Å². The number of nitrogens with one attached hydrogen (secondary N) is 2. The molecule has 0 saturated heterocycles. The van der Waals surface area contributed by atoms with Crippen LogP contribution in [0.3, 0.4) is 0 Å². The molecule has 0 saturated carbocycles. The molecule has 2 atom stereocenters. The van der Waals surface area contributed by atoms with E-state index in [1.807, 2.05) is 0 Å². The van der Waals surface area contributed by atoms with Gasteiger partial charge in [-0.1, -0.05) is 13.8 Å². The van der Waals surface area contributed by atoms with Crippen molar-refractivity contribution in [2.24, 2.45) is 5.92 Å². The first-order valence-corrected chi connectivity index (χ1v) is 6.41. The third-order valence-corrected chi connectivity index (χ3v) is 3.67. The summed E-state index contributed by atoms with van der Waals surface area (Å²) in [4.78, 5) is 22.7. The van der Waals surface area contributed by atoms with Crippen molar-refractivity contribution in [1.82, 2.24) is 15.0 Å². The Kier molecular flexibility index (Phi) is 2.58. The monoisotopic (exact) mass is 243 g/mol. The number of rotatable bonds is 1. The van der Waals surface area contributed by atoms with E-state index in [-0.39, 0.29) is 5.43 Å². The Morgan fingerprint density at radius 2 is 2.22 bits per heavy atom. The zero-order valence-electron chi connectivity index (χ0n) is 10.7. The Labute approximate surface area is 105 Å². The Morgan fingerprint density at radius 1 is 1.39 bits per heavy atom. The molecule has 0 amide bonds. The second-order valence-corrected chi connectivity index (χ2v) is 5.32. The van der Waals surface area contributed by atoms with Crippen LogP contribution < -0.4 is 5.43 Å². The summed E-state index contributed by atoms with van der Waals surface area (Å²) in [5.41, 5.74) is 2.94. The molecule has 0 spiro atoms. The maximum absolute atomic E-state index is 11.8. The second-order valence-electron chi connectivity index (χ2n) is 5.32. The van der Waals surface area contributed by atoms with Crippen LogP contribution in [0.4, 0.5) is 0 Å². The first-order valence-electron chi connectivity index (χ1n) is 6.41.